The van der Waals surface area contributed by atoms with Crippen LogP contribution in [-0.4, -0.2) is 0 Å². The average Bonchev–Trinajstić information content (AvgIpc) is 3.49. The van der Waals surface area contributed by atoms with Crippen LogP contribution in [0.4, 0.5) is 17.1 Å². The molecular formula is C49H37NO. The van der Waals surface area contributed by atoms with Crippen LogP contribution in [0.5, 0.6) is 5.75 Å². The van der Waals surface area contributed by atoms with Crippen LogP contribution in [0.25, 0.3) is 33.4 Å². The zero-order chi connectivity index (χ0) is 34.4. The molecule has 0 saturated heterocycles. The minimum Gasteiger partial charge on any atom is -0.457 e. The summed E-state index contributed by atoms with van der Waals surface area (Å²) in [6.45, 7) is 4.21. The van der Waals surface area contributed by atoms with E-state index in [-0.39, 0.29) is 0 Å². The van der Waals surface area contributed by atoms with Gasteiger partial charge in [0.15, 0.2) is 0 Å². The van der Waals surface area contributed by atoms with E-state index in [4.69, 9.17) is 4.74 Å². The van der Waals surface area contributed by atoms with E-state index < -0.39 is 5.41 Å². The van der Waals surface area contributed by atoms with Crippen molar-refractivity contribution in [3.05, 3.63) is 216 Å². The van der Waals surface area contributed by atoms with Gasteiger partial charge in [-0.15, -0.1) is 0 Å². The maximum Gasteiger partial charge on any atom is 0.132 e. The summed E-state index contributed by atoms with van der Waals surface area (Å²) in [5, 5.41) is 0. The molecule has 0 unspecified atom stereocenters. The summed E-state index contributed by atoms with van der Waals surface area (Å²) in [4.78, 5) is 2.40. The van der Waals surface area contributed by atoms with Crippen molar-refractivity contribution >= 4 is 17.1 Å². The molecule has 1 aliphatic heterocycles. The average molecular weight is 656 g/mol. The predicted molar refractivity (Wildman–Crippen MR) is 212 cm³/mol. The van der Waals surface area contributed by atoms with Gasteiger partial charge in [0.25, 0.3) is 0 Å². The lowest BCUT2D eigenvalue weighted by Gasteiger charge is -2.42. The summed E-state index contributed by atoms with van der Waals surface area (Å²) < 4.78 is 6.78. The molecule has 0 N–H and O–H groups in total. The molecule has 0 atom stereocenters. The number of ether oxygens (including phenoxy) is 1. The molecule has 1 spiro atoms. The van der Waals surface area contributed by atoms with E-state index in [9.17, 15) is 0 Å². The zero-order valence-electron chi connectivity index (χ0n) is 28.8. The molecule has 0 fully saturated rings. The summed E-state index contributed by atoms with van der Waals surface area (Å²) in [6, 6.07) is 63.4. The number of rotatable bonds is 5. The molecular weight excluding hydrogens is 619 g/mol. The SMILES string of the molecule is CC=C1Oc2ccc(N(c3ccc(-c4ccccc4)cc3)c3ccccc3-c3ccccc3)cc2C2(C1=CC)c1ccccc1-c1ccccc12. The van der Waals surface area contributed by atoms with E-state index in [2.05, 4.69) is 207 Å². The van der Waals surface area contributed by atoms with Gasteiger partial charge in [-0.3, -0.25) is 0 Å². The van der Waals surface area contributed by atoms with Gasteiger partial charge < -0.3 is 9.64 Å². The number of anilines is 3. The molecule has 2 nitrogen and oxygen atoms in total. The highest BCUT2D eigenvalue weighted by molar-refractivity contribution is 5.92. The molecule has 0 amide bonds. The van der Waals surface area contributed by atoms with E-state index in [1.54, 1.807) is 0 Å². The molecule has 0 radical (unpaired) electrons. The molecule has 2 heteroatoms. The lowest BCUT2D eigenvalue weighted by Crippen LogP contribution is -2.35. The number of allylic oxidation sites excluding steroid dienone is 3. The molecule has 1 heterocycles. The van der Waals surface area contributed by atoms with Gasteiger partial charge in [0.1, 0.15) is 11.5 Å². The van der Waals surface area contributed by atoms with Crippen molar-refractivity contribution in [2.24, 2.45) is 0 Å². The van der Waals surface area contributed by atoms with Crippen LogP contribution >= 0.6 is 0 Å². The normalized spacial score (nSPS) is 15.3. The Morgan fingerprint density at radius 3 is 1.61 bits per heavy atom. The third kappa shape index (κ3) is 4.79. The Morgan fingerprint density at radius 2 is 0.980 bits per heavy atom. The van der Waals surface area contributed by atoms with Crippen molar-refractivity contribution in [3.8, 4) is 39.1 Å². The topological polar surface area (TPSA) is 12.5 Å². The van der Waals surface area contributed by atoms with Crippen LogP contribution in [0.3, 0.4) is 0 Å². The molecule has 2 aliphatic rings. The molecule has 0 aromatic heterocycles. The van der Waals surface area contributed by atoms with Crippen molar-refractivity contribution in [2.75, 3.05) is 4.90 Å². The first-order valence-corrected chi connectivity index (χ1v) is 17.7. The highest BCUT2D eigenvalue weighted by Gasteiger charge is 2.52. The van der Waals surface area contributed by atoms with Gasteiger partial charge in [-0.2, -0.15) is 0 Å². The maximum absolute atomic E-state index is 6.78. The number of fused-ring (bicyclic) bond motifs is 7. The second kappa shape index (κ2) is 12.5. The minimum atomic E-state index is -0.546. The molecule has 9 rings (SSSR count). The highest BCUT2D eigenvalue weighted by atomic mass is 16.5. The van der Waals surface area contributed by atoms with Crippen molar-refractivity contribution in [1.29, 1.82) is 0 Å². The smallest absolute Gasteiger partial charge is 0.132 e. The van der Waals surface area contributed by atoms with Gasteiger partial charge in [-0.1, -0.05) is 146 Å². The summed E-state index contributed by atoms with van der Waals surface area (Å²) >= 11 is 0. The van der Waals surface area contributed by atoms with Crippen LogP contribution in [0, 0.1) is 0 Å². The largest absolute Gasteiger partial charge is 0.457 e. The van der Waals surface area contributed by atoms with Gasteiger partial charge in [0.05, 0.1) is 11.1 Å². The third-order valence-corrected chi connectivity index (χ3v) is 10.5. The van der Waals surface area contributed by atoms with Crippen LogP contribution in [0.2, 0.25) is 0 Å². The Hall–Kier alpha value is -6.38. The number of hydrogen-bond acceptors (Lipinski definition) is 2. The van der Waals surface area contributed by atoms with E-state index in [0.29, 0.717) is 0 Å². The minimum absolute atomic E-state index is 0.546. The summed E-state index contributed by atoms with van der Waals surface area (Å²) in [7, 11) is 0. The first kappa shape index (κ1) is 30.7. The Kier molecular flexibility index (Phi) is 7.51. The fourth-order valence-electron chi connectivity index (χ4n) is 8.32. The Labute approximate surface area is 300 Å². The van der Waals surface area contributed by atoms with Gasteiger partial charge in [-0.25, -0.2) is 0 Å². The highest BCUT2D eigenvalue weighted by Crippen LogP contribution is 2.62. The molecule has 51 heavy (non-hydrogen) atoms. The fraction of sp³-hybridized carbons (Fsp3) is 0.0612. The molecule has 0 saturated carbocycles. The number of hydrogen-bond donors (Lipinski definition) is 0. The van der Waals surface area contributed by atoms with Crippen LogP contribution in [0.1, 0.15) is 30.5 Å². The Bertz CT molecular complexity index is 2410. The lowest BCUT2D eigenvalue weighted by molar-refractivity contribution is 0.388. The lowest BCUT2D eigenvalue weighted by atomic mass is 9.65. The second-order valence-electron chi connectivity index (χ2n) is 13.1. The Morgan fingerprint density at radius 1 is 0.451 bits per heavy atom. The predicted octanol–water partition coefficient (Wildman–Crippen LogP) is 13.0. The summed E-state index contributed by atoms with van der Waals surface area (Å²) in [6.07, 6.45) is 4.35. The summed E-state index contributed by atoms with van der Waals surface area (Å²) in [5.41, 5.74) is 14.8. The van der Waals surface area contributed by atoms with Gasteiger partial charge in [-0.05, 0) is 95.3 Å². The number of nitrogens with zero attached hydrogens (tertiary/aromatic N) is 1. The van der Waals surface area contributed by atoms with Crippen molar-refractivity contribution in [1.82, 2.24) is 0 Å². The fourth-order valence-corrected chi connectivity index (χ4v) is 8.32. The van der Waals surface area contributed by atoms with Crippen LogP contribution < -0.4 is 9.64 Å². The van der Waals surface area contributed by atoms with Crippen LogP contribution in [-0.2, 0) is 5.41 Å². The van der Waals surface area contributed by atoms with Crippen molar-refractivity contribution in [3.63, 3.8) is 0 Å². The maximum atomic E-state index is 6.78. The summed E-state index contributed by atoms with van der Waals surface area (Å²) in [5.74, 6) is 1.77. The number of benzene rings is 7. The molecule has 244 valence electrons. The Balaban J connectivity index is 1.32. The van der Waals surface area contributed by atoms with Crippen molar-refractivity contribution in [2.45, 2.75) is 19.3 Å². The number of para-hydroxylation sites is 1. The second-order valence-corrected chi connectivity index (χ2v) is 13.1. The first-order valence-electron chi connectivity index (χ1n) is 17.7. The quantitative estimate of drug-likeness (QED) is 0.183. The molecule has 0 bridgehead atoms. The van der Waals surface area contributed by atoms with Crippen LogP contribution in [0.15, 0.2) is 199 Å². The zero-order valence-corrected chi connectivity index (χ0v) is 28.8. The third-order valence-electron chi connectivity index (χ3n) is 10.5. The van der Waals surface area contributed by atoms with Gasteiger partial charge in [0, 0.05) is 28.1 Å². The van der Waals surface area contributed by atoms with E-state index in [1.165, 1.54) is 38.9 Å². The molecule has 7 aromatic carbocycles. The van der Waals surface area contributed by atoms with E-state index >= 15 is 0 Å². The monoisotopic (exact) mass is 655 g/mol. The molecule has 1 aliphatic carbocycles. The molecule has 7 aromatic rings. The van der Waals surface area contributed by atoms with E-state index in [0.717, 1.165) is 45.3 Å². The van der Waals surface area contributed by atoms with Gasteiger partial charge >= 0.3 is 0 Å². The van der Waals surface area contributed by atoms with Crippen molar-refractivity contribution < 1.29 is 4.74 Å². The van der Waals surface area contributed by atoms with E-state index in [1.807, 2.05) is 0 Å². The first-order chi connectivity index (χ1) is 25.2. The van der Waals surface area contributed by atoms with Gasteiger partial charge in [0.2, 0.25) is 0 Å². The standard InChI is InChI=1S/C49H37NO/c1-3-42-47(4-2)51-48-32-31-38(33-45(48)49(42)43-24-14-11-22-40(43)41-23-12-15-25-44(41)49)50(37-29-27-35(28-30-37)34-17-7-5-8-18-34)46-26-16-13-21-39(46)36-19-9-6-10-20-36/h3-33H,1-2H3.